The number of benzene rings is 1. The Morgan fingerprint density at radius 1 is 1.24 bits per heavy atom. The standard InChI is InChI=1S/C17H24FN3/c1-4-14(5-2)21-9-8-13(20-21)11-17(19)15-7-6-12(3)10-16(15)18/h6-10,14,17H,4-5,11,19H2,1-3H3. The highest BCUT2D eigenvalue weighted by molar-refractivity contribution is 5.26. The predicted molar refractivity (Wildman–Crippen MR) is 83.6 cm³/mol. The Hall–Kier alpha value is -1.68. The molecular formula is C17H24FN3. The molecule has 2 N–H and O–H groups in total. The van der Waals surface area contributed by atoms with Crippen LogP contribution in [-0.4, -0.2) is 9.78 Å². The number of aromatic nitrogens is 2. The van der Waals surface area contributed by atoms with Crippen LogP contribution in [0.15, 0.2) is 30.5 Å². The van der Waals surface area contributed by atoms with E-state index in [0.29, 0.717) is 18.0 Å². The van der Waals surface area contributed by atoms with E-state index in [-0.39, 0.29) is 11.9 Å². The molecule has 4 heteroatoms. The van der Waals surface area contributed by atoms with Gasteiger partial charge in [0.1, 0.15) is 5.82 Å². The van der Waals surface area contributed by atoms with Gasteiger partial charge in [-0.1, -0.05) is 26.0 Å². The lowest BCUT2D eigenvalue weighted by Gasteiger charge is -2.14. The van der Waals surface area contributed by atoms with Crippen molar-refractivity contribution >= 4 is 0 Å². The number of nitrogens with zero attached hydrogens (tertiary/aromatic N) is 2. The Bertz CT molecular complexity index is 587. The second-order valence-electron chi connectivity index (χ2n) is 5.59. The fourth-order valence-corrected chi connectivity index (χ4v) is 2.62. The number of rotatable bonds is 6. The first kappa shape index (κ1) is 15.7. The van der Waals surface area contributed by atoms with Crippen LogP contribution in [0, 0.1) is 12.7 Å². The smallest absolute Gasteiger partial charge is 0.128 e. The molecule has 0 fully saturated rings. The third-order valence-electron chi connectivity index (χ3n) is 3.96. The van der Waals surface area contributed by atoms with Gasteiger partial charge in [-0.15, -0.1) is 0 Å². The van der Waals surface area contributed by atoms with Crippen LogP contribution in [0.25, 0.3) is 0 Å². The molecular weight excluding hydrogens is 265 g/mol. The van der Waals surface area contributed by atoms with Crippen molar-refractivity contribution in [1.29, 1.82) is 0 Å². The van der Waals surface area contributed by atoms with Crippen LogP contribution in [0.1, 0.15) is 55.6 Å². The second-order valence-corrected chi connectivity index (χ2v) is 5.59. The lowest BCUT2D eigenvalue weighted by molar-refractivity contribution is 0.424. The van der Waals surface area contributed by atoms with Gasteiger partial charge in [-0.2, -0.15) is 5.10 Å². The summed E-state index contributed by atoms with van der Waals surface area (Å²) >= 11 is 0. The van der Waals surface area contributed by atoms with Gasteiger partial charge >= 0.3 is 0 Å². The molecule has 0 aliphatic carbocycles. The molecule has 2 aromatic rings. The number of nitrogens with two attached hydrogens (primary N) is 1. The fourth-order valence-electron chi connectivity index (χ4n) is 2.62. The molecule has 1 aromatic heterocycles. The van der Waals surface area contributed by atoms with Crippen molar-refractivity contribution < 1.29 is 4.39 Å². The van der Waals surface area contributed by atoms with Crippen molar-refractivity contribution in [2.24, 2.45) is 5.73 Å². The Morgan fingerprint density at radius 2 is 1.95 bits per heavy atom. The first-order valence-corrected chi connectivity index (χ1v) is 7.60. The molecule has 0 aliphatic heterocycles. The summed E-state index contributed by atoms with van der Waals surface area (Å²) in [6, 6.07) is 7.22. The third kappa shape index (κ3) is 3.70. The predicted octanol–water partition coefficient (Wildman–Crippen LogP) is 3.93. The normalized spacial score (nSPS) is 12.9. The zero-order valence-corrected chi connectivity index (χ0v) is 13.0. The number of halogens is 1. The van der Waals surface area contributed by atoms with Gasteiger partial charge in [0.25, 0.3) is 0 Å². The average Bonchev–Trinajstić information content (AvgIpc) is 2.88. The fraction of sp³-hybridized carbons (Fsp3) is 0.471. The summed E-state index contributed by atoms with van der Waals surface area (Å²) in [5, 5.41) is 4.58. The highest BCUT2D eigenvalue weighted by Crippen LogP contribution is 2.21. The third-order valence-corrected chi connectivity index (χ3v) is 3.96. The summed E-state index contributed by atoms with van der Waals surface area (Å²) < 4.78 is 15.9. The van der Waals surface area contributed by atoms with Gasteiger partial charge in [-0.05, 0) is 37.5 Å². The highest BCUT2D eigenvalue weighted by atomic mass is 19.1. The van der Waals surface area contributed by atoms with Crippen LogP contribution >= 0.6 is 0 Å². The van der Waals surface area contributed by atoms with Gasteiger partial charge in [-0.3, -0.25) is 4.68 Å². The SMILES string of the molecule is CCC(CC)n1ccc(CC(N)c2ccc(C)cc2F)n1. The van der Waals surface area contributed by atoms with Gasteiger partial charge in [0, 0.05) is 24.2 Å². The maximum absolute atomic E-state index is 13.9. The number of hydrogen-bond donors (Lipinski definition) is 1. The quantitative estimate of drug-likeness (QED) is 0.875. The van der Waals surface area contributed by atoms with E-state index in [2.05, 4.69) is 18.9 Å². The summed E-state index contributed by atoms with van der Waals surface area (Å²) in [5.74, 6) is -0.234. The van der Waals surface area contributed by atoms with E-state index in [1.807, 2.05) is 29.9 Å². The van der Waals surface area contributed by atoms with E-state index < -0.39 is 0 Å². The number of aryl methyl sites for hydroxylation is 1. The maximum atomic E-state index is 13.9. The van der Waals surface area contributed by atoms with Crippen LogP contribution in [0.2, 0.25) is 0 Å². The first-order chi connectivity index (χ1) is 10.0. The summed E-state index contributed by atoms with van der Waals surface area (Å²) in [6.07, 6.45) is 4.64. The molecule has 2 rings (SSSR count). The topological polar surface area (TPSA) is 43.8 Å². The monoisotopic (exact) mass is 289 g/mol. The molecule has 0 bridgehead atoms. The van der Waals surface area contributed by atoms with Crippen molar-refractivity contribution in [1.82, 2.24) is 9.78 Å². The van der Waals surface area contributed by atoms with Crippen LogP contribution in [0.5, 0.6) is 0 Å². The van der Waals surface area contributed by atoms with Crippen molar-refractivity contribution in [2.45, 2.75) is 52.1 Å². The summed E-state index contributed by atoms with van der Waals surface area (Å²) in [5.41, 5.74) is 8.51. The Kier molecular flexibility index (Phi) is 5.12. The molecule has 0 radical (unpaired) electrons. The molecule has 0 saturated carbocycles. The van der Waals surface area contributed by atoms with E-state index in [4.69, 9.17) is 5.73 Å². The summed E-state index contributed by atoms with van der Waals surface area (Å²) in [7, 11) is 0. The van der Waals surface area contributed by atoms with Crippen LogP contribution in [0.4, 0.5) is 4.39 Å². The zero-order valence-electron chi connectivity index (χ0n) is 13.0. The minimum atomic E-state index is -0.365. The van der Waals surface area contributed by atoms with Crippen molar-refractivity contribution in [3.8, 4) is 0 Å². The molecule has 3 nitrogen and oxygen atoms in total. The van der Waals surface area contributed by atoms with Gasteiger partial charge in [0.05, 0.1) is 11.7 Å². The van der Waals surface area contributed by atoms with E-state index in [0.717, 1.165) is 24.1 Å². The molecule has 1 unspecified atom stereocenters. The van der Waals surface area contributed by atoms with E-state index >= 15 is 0 Å². The zero-order chi connectivity index (χ0) is 15.4. The Balaban J connectivity index is 2.11. The lowest BCUT2D eigenvalue weighted by atomic mass is 10.0. The molecule has 1 atom stereocenters. The molecule has 0 saturated heterocycles. The minimum absolute atomic E-state index is 0.234. The van der Waals surface area contributed by atoms with E-state index in [9.17, 15) is 4.39 Å². The maximum Gasteiger partial charge on any atom is 0.128 e. The van der Waals surface area contributed by atoms with Crippen LogP contribution < -0.4 is 5.73 Å². The highest BCUT2D eigenvalue weighted by Gasteiger charge is 2.15. The minimum Gasteiger partial charge on any atom is -0.324 e. The van der Waals surface area contributed by atoms with Gasteiger partial charge in [0.15, 0.2) is 0 Å². The summed E-state index contributed by atoms with van der Waals surface area (Å²) in [4.78, 5) is 0. The molecule has 1 aromatic carbocycles. The number of hydrogen-bond acceptors (Lipinski definition) is 2. The van der Waals surface area contributed by atoms with E-state index in [1.165, 1.54) is 6.07 Å². The average molecular weight is 289 g/mol. The Morgan fingerprint density at radius 3 is 2.57 bits per heavy atom. The summed E-state index contributed by atoms with van der Waals surface area (Å²) in [6.45, 7) is 6.18. The molecule has 0 amide bonds. The lowest BCUT2D eigenvalue weighted by Crippen LogP contribution is -2.16. The molecule has 114 valence electrons. The molecule has 0 spiro atoms. The molecule has 1 heterocycles. The van der Waals surface area contributed by atoms with Crippen LogP contribution in [-0.2, 0) is 6.42 Å². The van der Waals surface area contributed by atoms with Gasteiger partial charge in [-0.25, -0.2) is 4.39 Å². The van der Waals surface area contributed by atoms with Gasteiger partial charge in [0.2, 0.25) is 0 Å². The van der Waals surface area contributed by atoms with Crippen molar-refractivity contribution in [3.05, 3.63) is 53.1 Å². The molecule has 0 aliphatic rings. The van der Waals surface area contributed by atoms with Gasteiger partial charge < -0.3 is 5.73 Å². The first-order valence-electron chi connectivity index (χ1n) is 7.60. The Labute approximate surface area is 126 Å². The van der Waals surface area contributed by atoms with E-state index in [1.54, 1.807) is 6.07 Å². The van der Waals surface area contributed by atoms with Crippen molar-refractivity contribution in [2.75, 3.05) is 0 Å². The van der Waals surface area contributed by atoms with Crippen molar-refractivity contribution in [3.63, 3.8) is 0 Å². The van der Waals surface area contributed by atoms with Crippen LogP contribution in [0.3, 0.4) is 0 Å². The molecule has 21 heavy (non-hydrogen) atoms. The largest absolute Gasteiger partial charge is 0.324 e. The second kappa shape index (κ2) is 6.85.